The molecule has 0 aliphatic heterocycles. The van der Waals surface area contributed by atoms with E-state index in [4.69, 9.17) is 10.2 Å². The fourth-order valence-electron chi connectivity index (χ4n) is 1.46. The van der Waals surface area contributed by atoms with Crippen LogP contribution in [0.15, 0.2) is 12.1 Å². The maximum absolute atomic E-state index is 12.0. The number of hydrogen-bond acceptors (Lipinski definition) is 3. The van der Waals surface area contributed by atoms with E-state index >= 15 is 0 Å². The molecule has 5 nitrogen and oxygen atoms in total. The van der Waals surface area contributed by atoms with Crippen molar-refractivity contribution in [2.24, 2.45) is 0 Å². The summed E-state index contributed by atoms with van der Waals surface area (Å²) in [6, 6.07) is 1.89. The zero-order chi connectivity index (χ0) is 14.8. The van der Waals surface area contributed by atoms with Gasteiger partial charge in [-0.25, -0.2) is 9.59 Å². The predicted molar refractivity (Wildman–Crippen MR) is 56.6 cm³/mol. The molecule has 8 heteroatoms. The minimum Gasteiger partial charge on any atom is -0.483 e. The van der Waals surface area contributed by atoms with E-state index in [9.17, 15) is 22.8 Å². The Morgan fingerprint density at radius 1 is 1.21 bits per heavy atom. The van der Waals surface area contributed by atoms with Crippen LogP contribution in [0.2, 0.25) is 0 Å². The van der Waals surface area contributed by atoms with Gasteiger partial charge in [-0.1, -0.05) is 0 Å². The molecule has 0 saturated heterocycles. The summed E-state index contributed by atoms with van der Waals surface area (Å²) >= 11 is 0. The molecule has 0 heterocycles. The summed E-state index contributed by atoms with van der Waals surface area (Å²) in [6.45, 7) is -0.466. The van der Waals surface area contributed by atoms with E-state index in [2.05, 4.69) is 4.74 Å². The topological polar surface area (TPSA) is 83.8 Å². The first-order chi connectivity index (χ1) is 8.63. The van der Waals surface area contributed by atoms with Crippen molar-refractivity contribution in [2.45, 2.75) is 13.1 Å². The van der Waals surface area contributed by atoms with Gasteiger partial charge in [0.1, 0.15) is 11.3 Å². The van der Waals surface area contributed by atoms with Crippen LogP contribution in [0.3, 0.4) is 0 Å². The lowest BCUT2D eigenvalue weighted by Gasteiger charge is -2.14. The second-order valence-electron chi connectivity index (χ2n) is 3.63. The SMILES string of the molecule is Cc1c(C(=O)O)ccc(OCC(F)(F)F)c1C(=O)O. The molecule has 0 spiro atoms. The van der Waals surface area contributed by atoms with Crippen molar-refractivity contribution in [3.05, 3.63) is 28.8 Å². The average molecular weight is 278 g/mol. The largest absolute Gasteiger partial charge is 0.483 e. The highest BCUT2D eigenvalue weighted by atomic mass is 19.4. The lowest BCUT2D eigenvalue weighted by Crippen LogP contribution is -2.21. The highest BCUT2D eigenvalue weighted by Gasteiger charge is 2.30. The van der Waals surface area contributed by atoms with Crippen LogP contribution in [0.4, 0.5) is 13.2 Å². The van der Waals surface area contributed by atoms with Crippen molar-refractivity contribution in [3.63, 3.8) is 0 Å². The summed E-state index contributed by atoms with van der Waals surface area (Å²) in [5, 5.41) is 17.7. The van der Waals surface area contributed by atoms with Crippen LogP contribution in [-0.2, 0) is 0 Å². The van der Waals surface area contributed by atoms with Crippen LogP contribution in [0, 0.1) is 6.92 Å². The molecule has 0 amide bonds. The molecule has 19 heavy (non-hydrogen) atoms. The van der Waals surface area contributed by atoms with Crippen molar-refractivity contribution in [3.8, 4) is 5.75 Å². The Hall–Kier alpha value is -2.25. The number of alkyl halides is 3. The molecule has 104 valence electrons. The van der Waals surface area contributed by atoms with Gasteiger partial charge < -0.3 is 14.9 Å². The van der Waals surface area contributed by atoms with E-state index < -0.39 is 36.0 Å². The molecule has 1 rings (SSSR count). The molecule has 0 aliphatic carbocycles. The molecule has 0 atom stereocenters. The van der Waals surface area contributed by atoms with Crippen molar-refractivity contribution >= 4 is 11.9 Å². The Kier molecular flexibility index (Phi) is 4.03. The maximum Gasteiger partial charge on any atom is 0.422 e. The Morgan fingerprint density at radius 2 is 1.79 bits per heavy atom. The number of carbonyl (C=O) groups is 2. The lowest BCUT2D eigenvalue weighted by molar-refractivity contribution is -0.153. The molecule has 0 aromatic heterocycles. The minimum atomic E-state index is -4.62. The quantitative estimate of drug-likeness (QED) is 0.883. The van der Waals surface area contributed by atoms with Crippen molar-refractivity contribution in [1.82, 2.24) is 0 Å². The third-order valence-electron chi connectivity index (χ3n) is 2.26. The number of rotatable bonds is 4. The number of carboxylic acids is 2. The molecule has 0 unspecified atom stereocenters. The Morgan fingerprint density at radius 3 is 2.21 bits per heavy atom. The van der Waals surface area contributed by atoms with Crippen LogP contribution in [-0.4, -0.2) is 34.9 Å². The third kappa shape index (κ3) is 3.60. The first-order valence-corrected chi connectivity index (χ1v) is 4.93. The highest BCUT2D eigenvalue weighted by Crippen LogP contribution is 2.27. The molecule has 0 radical (unpaired) electrons. The van der Waals surface area contributed by atoms with Gasteiger partial charge >= 0.3 is 18.1 Å². The molecular formula is C11H9F3O5. The monoisotopic (exact) mass is 278 g/mol. The standard InChI is InChI=1S/C11H9F3O5/c1-5-6(9(15)16)2-3-7(8(5)10(17)18)19-4-11(12,13)14/h2-3H,4H2,1H3,(H,15,16)(H,17,18). The van der Waals surface area contributed by atoms with Crippen molar-refractivity contribution in [1.29, 1.82) is 0 Å². The number of carboxylic acid groups (broad SMARTS) is 2. The molecule has 0 fully saturated rings. The fraction of sp³-hybridized carbons (Fsp3) is 0.273. The van der Waals surface area contributed by atoms with Crippen molar-refractivity contribution in [2.75, 3.05) is 6.61 Å². The van der Waals surface area contributed by atoms with Gasteiger partial charge in [0, 0.05) is 0 Å². The van der Waals surface area contributed by atoms with Gasteiger partial charge in [0.2, 0.25) is 0 Å². The van der Waals surface area contributed by atoms with Crippen LogP contribution < -0.4 is 4.74 Å². The van der Waals surface area contributed by atoms with Crippen LogP contribution in [0.5, 0.6) is 5.75 Å². The predicted octanol–water partition coefficient (Wildman–Crippen LogP) is 2.33. The van der Waals surface area contributed by atoms with E-state index in [1.165, 1.54) is 6.92 Å². The second-order valence-corrected chi connectivity index (χ2v) is 3.63. The van der Waals surface area contributed by atoms with E-state index in [1.807, 2.05) is 0 Å². The van der Waals surface area contributed by atoms with Gasteiger partial charge in [-0.2, -0.15) is 13.2 Å². The molecule has 0 bridgehead atoms. The van der Waals surface area contributed by atoms with Crippen molar-refractivity contribution < 1.29 is 37.7 Å². The third-order valence-corrected chi connectivity index (χ3v) is 2.26. The Labute approximate surface area is 105 Å². The van der Waals surface area contributed by atoms with Gasteiger partial charge in [0.15, 0.2) is 6.61 Å². The zero-order valence-electron chi connectivity index (χ0n) is 9.61. The van der Waals surface area contributed by atoms with Crippen LogP contribution >= 0.6 is 0 Å². The summed E-state index contributed by atoms with van der Waals surface area (Å²) in [5.74, 6) is -3.45. The summed E-state index contributed by atoms with van der Waals surface area (Å²) in [6.07, 6.45) is -4.62. The molecule has 0 saturated carbocycles. The molecule has 1 aromatic rings. The molecule has 2 N–H and O–H groups in total. The summed E-state index contributed by atoms with van der Waals surface area (Å²) in [7, 11) is 0. The Bertz CT molecular complexity index is 522. The van der Waals surface area contributed by atoms with Crippen LogP contribution in [0.1, 0.15) is 26.3 Å². The van der Waals surface area contributed by atoms with E-state index in [-0.39, 0.29) is 11.1 Å². The van der Waals surface area contributed by atoms with Gasteiger partial charge in [0.05, 0.1) is 5.56 Å². The average Bonchev–Trinajstić information content (AvgIpc) is 2.24. The summed E-state index contributed by atoms with van der Waals surface area (Å²) < 4.78 is 40.4. The first-order valence-electron chi connectivity index (χ1n) is 4.93. The van der Waals surface area contributed by atoms with E-state index in [0.717, 1.165) is 12.1 Å². The Balaban J connectivity index is 3.23. The smallest absolute Gasteiger partial charge is 0.422 e. The van der Waals surface area contributed by atoms with Crippen LogP contribution in [0.25, 0.3) is 0 Å². The van der Waals surface area contributed by atoms with E-state index in [0.29, 0.717) is 0 Å². The molecule has 0 aliphatic rings. The number of aromatic carboxylic acids is 2. The molecule has 1 aromatic carbocycles. The number of hydrogen-bond donors (Lipinski definition) is 2. The van der Waals surface area contributed by atoms with Gasteiger partial charge in [-0.3, -0.25) is 0 Å². The second kappa shape index (κ2) is 5.17. The number of halogens is 3. The maximum atomic E-state index is 12.0. The first kappa shape index (κ1) is 14.8. The van der Waals surface area contributed by atoms with Gasteiger partial charge in [0.25, 0.3) is 0 Å². The minimum absolute atomic E-state index is 0.167. The fourth-order valence-corrected chi connectivity index (χ4v) is 1.46. The zero-order valence-corrected chi connectivity index (χ0v) is 9.61. The van der Waals surface area contributed by atoms with Gasteiger partial charge in [-0.05, 0) is 24.6 Å². The normalized spacial score (nSPS) is 11.2. The highest BCUT2D eigenvalue weighted by molar-refractivity contribution is 5.98. The summed E-state index contributed by atoms with van der Waals surface area (Å²) in [5.41, 5.74) is -1.07. The number of ether oxygens (including phenoxy) is 1. The lowest BCUT2D eigenvalue weighted by atomic mass is 10.0. The summed E-state index contributed by atoms with van der Waals surface area (Å²) in [4.78, 5) is 21.8. The number of benzene rings is 1. The molecular weight excluding hydrogens is 269 g/mol. The van der Waals surface area contributed by atoms with E-state index in [1.54, 1.807) is 0 Å². The van der Waals surface area contributed by atoms with Gasteiger partial charge in [-0.15, -0.1) is 0 Å².